The molecule has 1 saturated heterocycles. The zero-order valence-electron chi connectivity index (χ0n) is 19.4. The maximum atomic E-state index is 12.6. The van der Waals surface area contributed by atoms with Crippen molar-refractivity contribution < 1.29 is 14.3 Å². The van der Waals surface area contributed by atoms with E-state index in [9.17, 15) is 9.59 Å². The second kappa shape index (κ2) is 11.9. The van der Waals surface area contributed by atoms with Crippen molar-refractivity contribution in [3.8, 4) is 5.75 Å². The molecule has 0 atom stereocenters. The summed E-state index contributed by atoms with van der Waals surface area (Å²) in [6.45, 7) is 6.91. The lowest BCUT2D eigenvalue weighted by Gasteiger charge is -2.37. The van der Waals surface area contributed by atoms with Crippen molar-refractivity contribution in [1.82, 2.24) is 10.2 Å². The monoisotopic (exact) mass is 566 g/mol. The van der Waals surface area contributed by atoms with Gasteiger partial charge in [0.1, 0.15) is 5.75 Å². The van der Waals surface area contributed by atoms with Crippen LogP contribution in [0.4, 0.5) is 11.4 Å². The molecule has 2 aromatic carbocycles. The van der Waals surface area contributed by atoms with Gasteiger partial charge in [-0.05, 0) is 54.5 Å². The maximum absolute atomic E-state index is 12.6. The molecular weight excluding hydrogens is 540 g/mol. The smallest absolute Gasteiger partial charge is 0.261 e. The number of hydrogen-bond donors (Lipinski definition) is 2. The van der Waals surface area contributed by atoms with E-state index in [1.807, 2.05) is 17.0 Å². The van der Waals surface area contributed by atoms with E-state index in [-0.39, 0.29) is 16.9 Å². The summed E-state index contributed by atoms with van der Waals surface area (Å²) in [6, 6.07) is 10.7. The Morgan fingerprint density at radius 3 is 2.47 bits per heavy atom. The first-order valence-corrected chi connectivity index (χ1v) is 12.5. The highest BCUT2D eigenvalue weighted by Crippen LogP contribution is 2.30. The first-order chi connectivity index (χ1) is 16.2. The molecule has 0 spiro atoms. The van der Waals surface area contributed by atoms with Gasteiger partial charge < -0.3 is 19.9 Å². The lowest BCUT2D eigenvalue weighted by atomic mass is 10.1. The highest BCUT2D eigenvalue weighted by Gasteiger charge is 2.23. The van der Waals surface area contributed by atoms with E-state index in [0.717, 1.165) is 23.2 Å². The molecule has 2 amide bonds. The summed E-state index contributed by atoms with van der Waals surface area (Å²) >= 11 is 15.2. The van der Waals surface area contributed by atoms with Crippen LogP contribution in [0.3, 0.4) is 0 Å². The third-order valence-electron chi connectivity index (χ3n) is 5.39. The fourth-order valence-electron chi connectivity index (χ4n) is 3.71. The Morgan fingerprint density at radius 1 is 1.15 bits per heavy atom. The molecule has 0 unspecified atom stereocenters. The Bertz CT molecular complexity index is 1070. The number of thiocarbonyl (C=S) groups is 1. The van der Waals surface area contributed by atoms with Crippen molar-refractivity contribution in [3.05, 3.63) is 51.5 Å². The summed E-state index contributed by atoms with van der Waals surface area (Å²) in [7, 11) is 1.50. The number of methoxy groups -OCH3 is 1. The Hall–Kier alpha value is -2.36. The van der Waals surface area contributed by atoms with Gasteiger partial charge in [0.05, 0.1) is 23.4 Å². The van der Waals surface area contributed by atoms with Gasteiger partial charge in [0.15, 0.2) is 5.11 Å². The number of piperazine rings is 1. The van der Waals surface area contributed by atoms with Crippen molar-refractivity contribution in [1.29, 1.82) is 0 Å². The lowest BCUT2D eigenvalue weighted by Crippen LogP contribution is -2.49. The van der Waals surface area contributed by atoms with Crippen LogP contribution in [0.2, 0.25) is 5.02 Å². The number of anilines is 2. The quantitative estimate of drug-likeness (QED) is 0.482. The molecule has 7 nitrogen and oxygen atoms in total. The molecule has 0 saturated carbocycles. The zero-order chi connectivity index (χ0) is 24.8. The number of ether oxygens (including phenoxy) is 1. The van der Waals surface area contributed by atoms with E-state index < -0.39 is 0 Å². The van der Waals surface area contributed by atoms with Gasteiger partial charge >= 0.3 is 0 Å². The Morgan fingerprint density at radius 2 is 1.85 bits per heavy atom. The van der Waals surface area contributed by atoms with Crippen LogP contribution >= 0.6 is 39.7 Å². The summed E-state index contributed by atoms with van der Waals surface area (Å²) < 4.78 is 6.01. The summed E-state index contributed by atoms with van der Waals surface area (Å²) in [4.78, 5) is 29.0. The van der Waals surface area contributed by atoms with Crippen LogP contribution in [-0.2, 0) is 4.79 Å². The largest absolute Gasteiger partial charge is 0.496 e. The lowest BCUT2D eigenvalue weighted by molar-refractivity contribution is -0.132. The molecule has 0 radical (unpaired) electrons. The summed E-state index contributed by atoms with van der Waals surface area (Å²) in [5.74, 6) is 0.619. The second-order valence-corrected chi connectivity index (χ2v) is 10.1. The van der Waals surface area contributed by atoms with Gasteiger partial charge in [-0.1, -0.05) is 41.4 Å². The standard InChI is InChI=1S/C24H28BrClN4O3S/c1-15(2)12-22(31)30-10-8-29(9-11-30)20-6-5-17(14-19(20)26)27-24(34)28-23(32)18-13-16(25)4-7-21(18)33-3/h4-7,13-15H,8-12H2,1-3H3,(H2,27,28,32,34). The molecule has 10 heteroatoms. The van der Waals surface area contributed by atoms with Gasteiger partial charge in [0.25, 0.3) is 5.91 Å². The van der Waals surface area contributed by atoms with E-state index in [4.69, 9.17) is 28.6 Å². The van der Waals surface area contributed by atoms with E-state index in [2.05, 4.69) is 45.3 Å². The fraction of sp³-hybridized carbons (Fsp3) is 0.375. The van der Waals surface area contributed by atoms with Crippen molar-refractivity contribution in [2.75, 3.05) is 43.5 Å². The van der Waals surface area contributed by atoms with E-state index in [1.54, 1.807) is 24.3 Å². The van der Waals surface area contributed by atoms with E-state index >= 15 is 0 Å². The van der Waals surface area contributed by atoms with Gasteiger partial charge in [-0.15, -0.1) is 0 Å². The fourth-order valence-corrected chi connectivity index (χ4v) is 4.58. The molecule has 34 heavy (non-hydrogen) atoms. The maximum Gasteiger partial charge on any atom is 0.261 e. The topological polar surface area (TPSA) is 73.9 Å². The number of carbonyl (C=O) groups excluding carboxylic acids is 2. The van der Waals surface area contributed by atoms with Crippen LogP contribution in [0.25, 0.3) is 0 Å². The minimum Gasteiger partial charge on any atom is -0.496 e. The first-order valence-electron chi connectivity index (χ1n) is 11.0. The molecule has 2 N–H and O–H groups in total. The summed E-state index contributed by atoms with van der Waals surface area (Å²) in [6.07, 6.45) is 0.575. The molecule has 1 aliphatic heterocycles. The molecule has 0 bridgehead atoms. The molecule has 1 aliphatic rings. The van der Waals surface area contributed by atoms with Crippen LogP contribution in [0, 0.1) is 5.92 Å². The number of carbonyl (C=O) groups is 2. The van der Waals surface area contributed by atoms with Gasteiger partial charge in [-0.25, -0.2) is 0 Å². The van der Waals surface area contributed by atoms with Gasteiger partial charge in [-0.3, -0.25) is 14.9 Å². The molecule has 1 fully saturated rings. The Labute approximate surface area is 218 Å². The van der Waals surface area contributed by atoms with Gasteiger partial charge in [-0.2, -0.15) is 0 Å². The molecule has 0 aromatic heterocycles. The minimum atomic E-state index is -0.386. The minimum absolute atomic E-state index is 0.146. The number of nitrogens with one attached hydrogen (secondary N) is 2. The average Bonchev–Trinajstić information content (AvgIpc) is 2.78. The van der Waals surface area contributed by atoms with E-state index in [0.29, 0.717) is 47.5 Å². The van der Waals surface area contributed by atoms with Crippen molar-refractivity contribution in [3.63, 3.8) is 0 Å². The number of benzene rings is 2. The molecule has 0 aliphatic carbocycles. The molecule has 182 valence electrons. The third kappa shape index (κ3) is 6.84. The molecule has 1 heterocycles. The summed E-state index contributed by atoms with van der Waals surface area (Å²) in [5, 5.41) is 6.37. The van der Waals surface area contributed by atoms with Crippen molar-refractivity contribution >= 4 is 68.1 Å². The number of halogens is 2. The number of nitrogens with zero attached hydrogens (tertiary/aromatic N) is 2. The predicted molar refractivity (Wildman–Crippen MR) is 144 cm³/mol. The van der Waals surface area contributed by atoms with Crippen LogP contribution in [0.5, 0.6) is 5.75 Å². The first kappa shape index (κ1) is 26.2. The number of rotatable bonds is 6. The molecular formula is C24H28BrClN4O3S. The van der Waals surface area contributed by atoms with Crippen molar-refractivity contribution in [2.45, 2.75) is 20.3 Å². The highest BCUT2D eigenvalue weighted by atomic mass is 79.9. The van der Waals surface area contributed by atoms with Gasteiger partial charge in [0, 0.05) is 42.8 Å². The number of hydrogen-bond acceptors (Lipinski definition) is 5. The normalized spacial score (nSPS) is 13.6. The van der Waals surface area contributed by atoms with E-state index in [1.165, 1.54) is 7.11 Å². The Kier molecular flexibility index (Phi) is 9.16. The zero-order valence-corrected chi connectivity index (χ0v) is 22.5. The third-order valence-corrected chi connectivity index (χ3v) is 6.39. The Balaban J connectivity index is 1.58. The van der Waals surface area contributed by atoms with Crippen LogP contribution in [-0.4, -0.2) is 55.1 Å². The summed E-state index contributed by atoms with van der Waals surface area (Å²) in [5.41, 5.74) is 1.92. The van der Waals surface area contributed by atoms with Crippen LogP contribution < -0.4 is 20.3 Å². The molecule has 2 aromatic rings. The van der Waals surface area contributed by atoms with Crippen molar-refractivity contribution in [2.24, 2.45) is 5.92 Å². The predicted octanol–water partition coefficient (Wildman–Crippen LogP) is 4.93. The van der Waals surface area contributed by atoms with Crippen LogP contribution in [0.15, 0.2) is 40.9 Å². The average molecular weight is 568 g/mol. The van der Waals surface area contributed by atoms with Gasteiger partial charge in [0.2, 0.25) is 5.91 Å². The van der Waals surface area contributed by atoms with Crippen LogP contribution in [0.1, 0.15) is 30.6 Å². The highest BCUT2D eigenvalue weighted by molar-refractivity contribution is 9.10. The molecule has 3 rings (SSSR count). The second-order valence-electron chi connectivity index (χ2n) is 8.38. The number of amides is 2. The SMILES string of the molecule is COc1ccc(Br)cc1C(=O)NC(=S)Nc1ccc(N2CCN(C(=O)CC(C)C)CC2)c(Cl)c1.